The van der Waals surface area contributed by atoms with Crippen LogP contribution < -0.4 is 0 Å². The molecule has 0 bridgehead atoms. The van der Waals surface area contributed by atoms with E-state index in [0.717, 1.165) is 12.0 Å². The molecule has 1 aliphatic carbocycles. The first-order valence-corrected chi connectivity index (χ1v) is 5.61. The molecule has 0 amide bonds. The zero-order valence-electron chi connectivity index (χ0n) is 9.43. The van der Waals surface area contributed by atoms with Crippen LogP contribution in [-0.4, -0.2) is 53.7 Å². The number of hydrogen-bond acceptors (Lipinski definition) is 4. The molecule has 4 heteroatoms. The first kappa shape index (κ1) is 13.1. The number of aliphatic hydroxyl groups is 2. The molecule has 0 unspecified atom stereocenters. The van der Waals surface area contributed by atoms with Crippen LogP contribution in [0, 0.1) is 0 Å². The molecule has 0 aliphatic heterocycles. The lowest BCUT2D eigenvalue weighted by atomic mass is 10.1. The van der Waals surface area contributed by atoms with E-state index in [0.29, 0.717) is 26.1 Å². The van der Waals surface area contributed by atoms with E-state index in [1.165, 1.54) is 0 Å². The minimum atomic E-state index is 0.0540. The van der Waals surface area contributed by atoms with Crippen molar-refractivity contribution in [3.63, 3.8) is 0 Å². The number of rotatable bonds is 8. The Bertz CT molecular complexity index is 278. The third kappa shape index (κ3) is 4.26. The van der Waals surface area contributed by atoms with Crippen LogP contribution in [0.1, 0.15) is 12.8 Å². The highest BCUT2D eigenvalue weighted by Crippen LogP contribution is 2.13. The second kappa shape index (κ2) is 7.33. The Hall–Kier alpha value is -0.970. The Morgan fingerprint density at radius 3 is 2.44 bits per heavy atom. The molecule has 0 fully saturated rings. The van der Waals surface area contributed by atoms with Gasteiger partial charge in [0.05, 0.1) is 13.2 Å². The smallest absolute Gasteiger partial charge is 0.160 e. The SMILES string of the molecule is O=C(CCN(CCO)CCO)C1=CC=CC1. The second-order valence-electron chi connectivity index (χ2n) is 3.79. The van der Waals surface area contributed by atoms with Crippen molar-refractivity contribution in [2.75, 3.05) is 32.8 Å². The fourth-order valence-electron chi connectivity index (χ4n) is 1.69. The molecule has 0 radical (unpaired) electrons. The molecular formula is C12H19NO3. The van der Waals surface area contributed by atoms with E-state index in [1.54, 1.807) is 0 Å². The lowest BCUT2D eigenvalue weighted by Crippen LogP contribution is -2.32. The average molecular weight is 225 g/mol. The van der Waals surface area contributed by atoms with Crippen LogP contribution >= 0.6 is 0 Å². The first-order chi connectivity index (χ1) is 7.77. The molecule has 4 nitrogen and oxygen atoms in total. The third-order valence-electron chi connectivity index (χ3n) is 2.62. The highest BCUT2D eigenvalue weighted by molar-refractivity contribution is 5.96. The van der Waals surface area contributed by atoms with E-state index in [2.05, 4.69) is 0 Å². The molecule has 16 heavy (non-hydrogen) atoms. The molecule has 0 atom stereocenters. The topological polar surface area (TPSA) is 60.8 Å². The van der Waals surface area contributed by atoms with Gasteiger partial charge in [-0.15, -0.1) is 0 Å². The summed E-state index contributed by atoms with van der Waals surface area (Å²) < 4.78 is 0. The Labute approximate surface area is 95.9 Å². The van der Waals surface area contributed by atoms with Crippen molar-refractivity contribution in [1.82, 2.24) is 4.90 Å². The number of Topliss-reactive ketones (excluding diaryl/α,β-unsaturated/α-hetero) is 1. The van der Waals surface area contributed by atoms with Gasteiger partial charge in [0, 0.05) is 26.1 Å². The van der Waals surface area contributed by atoms with Crippen LogP contribution in [0.5, 0.6) is 0 Å². The maximum atomic E-state index is 11.7. The summed E-state index contributed by atoms with van der Waals surface area (Å²) in [5, 5.41) is 17.6. The van der Waals surface area contributed by atoms with Crippen LogP contribution in [0.4, 0.5) is 0 Å². The van der Waals surface area contributed by atoms with Gasteiger partial charge in [-0.05, 0) is 12.0 Å². The molecule has 1 rings (SSSR count). The molecule has 1 aliphatic rings. The van der Waals surface area contributed by atoms with Gasteiger partial charge in [-0.1, -0.05) is 18.2 Å². The molecule has 90 valence electrons. The van der Waals surface area contributed by atoms with Crippen LogP contribution in [0.3, 0.4) is 0 Å². The highest BCUT2D eigenvalue weighted by Gasteiger charge is 2.12. The molecule has 2 N–H and O–H groups in total. The van der Waals surface area contributed by atoms with E-state index in [4.69, 9.17) is 10.2 Å². The number of ketones is 1. The minimum absolute atomic E-state index is 0.0540. The fraction of sp³-hybridized carbons (Fsp3) is 0.583. The Morgan fingerprint density at radius 2 is 1.94 bits per heavy atom. The van der Waals surface area contributed by atoms with Gasteiger partial charge in [-0.3, -0.25) is 9.69 Å². The van der Waals surface area contributed by atoms with Crippen molar-refractivity contribution in [3.05, 3.63) is 23.8 Å². The summed E-state index contributed by atoms with van der Waals surface area (Å²) in [5.41, 5.74) is 0.855. The zero-order chi connectivity index (χ0) is 11.8. The van der Waals surface area contributed by atoms with Crippen LogP contribution in [0.2, 0.25) is 0 Å². The monoisotopic (exact) mass is 225 g/mol. The Morgan fingerprint density at radius 1 is 1.25 bits per heavy atom. The fourth-order valence-corrected chi connectivity index (χ4v) is 1.69. The summed E-state index contributed by atoms with van der Waals surface area (Å²) in [6.45, 7) is 1.71. The van der Waals surface area contributed by atoms with E-state index >= 15 is 0 Å². The third-order valence-corrected chi connectivity index (χ3v) is 2.62. The predicted octanol–water partition coefficient (Wildman–Crippen LogP) is 0.118. The molecule has 0 aromatic heterocycles. The van der Waals surface area contributed by atoms with Crippen molar-refractivity contribution in [3.8, 4) is 0 Å². The van der Waals surface area contributed by atoms with Gasteiger partial charge in [0.15, 0.2) is 5.78 Å². The van der Waals surface area contributed by atoms with Gasteiger partial charge in [0.25, 0.3) is 0 Å². The Kier molecular flexibility index (Phi) is 6.00. The van der Waals surface area contributed by atoms with Crippen molar-refractivity contribution in [2.24, 2.45) is 0 Å². The van der Waals surface area contributed by atoms with Crippen LogP contribution in [0.15, 0.2) is 23.8 Å². The number of hydrogen-bond donors (Lipinski definition) is 2. The van der Waals surface area contributed by atoms with Gasteiger partial charge >= 0.3 is 0 Å². The number of nitrogens with zero attached hydrogens (tertiary/aromatic N) is 1. The zero-order valence-corrected chi connectivity index (χ0v) is 9.43. The van der Waals surface area contributed by atoms with Crippen molar-refractivity contribution in [2.45, 2.75) is 12.8 Å². The van der Waals surface area contributed by atoms with E-state index in [1.807, 2.05) is 23.1 Å². The Balaban J connectivity index is 2.28. The average Bonchev–Trinajstić information content (AvgIpc) is 2.79. The highest BCUT2D eigenvalue weighted by atomic mass is 16.3. The van der Waals surface area contributed by atoms with Crippen LogP contribution in [0.25, 0.3) is 0 Å². The molecule has 0 saturated heterocycles. The van der Waals surface area contributed by atoms with E-state index in [-0.39, 0.29) is 19.0 Å². The molecule has 0 heterocycles. The van der Waals surface area contributed by atoms with E-state index in [9.17, 15) is 4.79 Å². The maximum absolute atomic E-state index is 11.7. The summed E-state index contributed by atoms with van der Waals surface area (Å²) in [7, 11) is 0. The summed E-state index contributed by atoms with van der Waals surface area (Å²) >= 11 is 0. The number of aliphatic hydroxyl groups excluding tert-OH is 2. The lowest BCUT2D eigenvalue weighted by molar-refractivity contribution is -0.116. The quantitative estimate of drug-likeness (QED) is 0.616. The van der Waals surface area contributed by atoms with Gasteiger partial charge in [-0.25, -0.2) is 0 Å². The summed E-state index contributed by atoms with van der Waals surface area (Å²) in [5.74, 6) is 0.158. The van der Waals surface area contributed by atoms with Crippen molar-refractivity contribution < 1.29 is 15.0 Å². The first-order valence-electron chi connectivity index (χ1n) is 5.61. The van der Waals surface area contributed by atoms with Gasteiger partial charge < -0.3 is 10.2 Å². The van der Waals surface area contributed by atoms with Gasteiger partial charge in [-0.2, -0.15) is 0 Å². The standard InChI is InChI=1S/C12H19NO3/c14-9-7-13(8-10-15)6-5-12(16)11-3-1-2-4-11/h1-3,14-15H,4-10H2. The van der Waals surface area contributed by atoms with Crippen molar-refractivity contribution >= 4 is 5.78 Å². The summed E-state index contributed by atoms with van der Waals surface area (Å²) in [6, 6.07) is 0. The van der Waals surface area contributed by atoms with Gasteiger partial charge in [0.1, 0.15) is 0 Å². The van der Waals surface area contributed by atoms with Crippen molar-refractivity contribution in [1.29, 1.82) is 0 Å². The number of carbonyl (C=O) groups is 1. The summed E-state index contributed by atoms with van der Waals surface area (Å²) in [4.78, 5) is 13.6. The predicted molar refractivity (Wildman–Crippen MR) is 62.1 cm³/mol. The minimum Gasteiger partial charge on any atom is -0.395 e. The number of carbonyl (C=O) groups excluding carboxylic acids is 1. The maximum Gasteiger partial charge on any atom is 0.160 e. The largest absolute Gasteiger partial charge is 0.395 e. The lowest BCUT2D eigenvalue weighted by Gasteiger charge is -2.19. The van der Waals surface area contributed by atoms with Crippen LogP contribution in [-0.2, 0) is 4.79 Å². The molecule has 0 saturated carbocycles. The molecule has 0 aromatic rings. The number of allylic oxidation sites excluding steroid dienone is 4. The molecule has 0 spiro atoms. The molecule has 0 aromatic carbocycles. The second-order valence-corrected chi connectivity index (χ2v) is 3.79. The summed E-state index contributed by atoms with van der Waals surface area (Å²) in [6.07, 6.45) is 6.90. The normalized spacial score (nSPS) is 14.6. The van der Waals surface area contributed by atoms with E-state index < -0.39 is 0 Å². The molecular weight excluding hydrogens is 206 g/mol. The van der Waals surface area contributed by atoms with Gasteiger partial charge in [0.2, 0.25) is 0 Å².